The molecule has 27 heavy (non-hydrogen) atoms. The lowest BCUT2D eigenvalue weighted by atomic mass is 9.98. The summed E-state index contributed by atoms with van der Waals surface area (Å²) < 4.78 is 5.08. The van der Waals surface area contributed by atoms with Crippen LogP contribution in [0, 0.1) is 12.8 Å². The van der Waals surface area contributed by atoms with E-state index in [9.17, 15) is 14.4 Å². The fourth-order valence-corrected chi connectivity index (χ4v) is 3.66. The Morgan fingerprint density at radius 2 is 1.96 bits per heavy atom. The first-order chi connectivity index (χ1) is 13.0. The van der Waals surface area contributed by atoms with Crippen molar-refractivity contribution < 1.29 is 19.1 Å². The van der Waals surface area contributed by atoms with Crippen LogP contribution in [0.15, 0.2) is 24.3 Å². The minimum atomic E-state index is -0.265. The molecule has 0 saturated carbocycles. The molecule has 2 heterocycles. The van der Waals surface area contributed by atoms with Crippen molar-refractivity contribution in [3.05, 3.63) is 29.8 Å². The van der Waals surface area contributed by atoms with E-state index in [0.717, 1.165) is 24.1 Å². The average Bonchev–Trinajstić information content (AvgIpc) is 3.02. The first-order valence-corrected chi connectivity index (χ1v) is 9.57. The molecule has 1 N–H and O–H groups in total. The van der Waals surface area contributed by atoms with Crippen LogP contribution in [0.2, 0.25) is 0 Å². The third-order valence-electron chi connectivity index (χ3n) is 5.13. The fourth-order valence-electron chi connectivity index (χ4n) is 3.66. The van der Waals surface area contributed by atoms with Gasteiger partial charge in [0.1, 0.15) is 0 Å². The summed E-state index contributed by atoms with van der Waals surface area (Å²) in [4.78, 5) is 40.3. The second-order valence-corrected chi connectivity index (χ2v) is 7.23. The first kappa shape index (κ1) is 19.2. The molecular formula is C20H27N3O4. The van der Waals surface area contributed by atoms with E-state index in [4.69, 9.17) is 4.74 Å². The van der Waals surface area contributed by atoms with Gasteiger partial charge in [-0.25, -0.2) is 4.79 Å². The lowest BCUT2D eigenvalue weighted by Crippen LogP contribution is -2.50. The number of carbonyl (C=O) groups excluding carboxylic acids is 3. The van der Waals surface area contributed by atoms with E-state index in [1.807, 2.05) is 31.2 Å². The van der Waals surface area contributed by atoms with E-state index < -0.39 is 0 Å². The molecule has 1 aromatic carbocycles. The number of hydrogen-bond donors (Lipinski definition) is 1. The summed E-state index contributed by atoms with van der Waals surface area (Å²) in [5.74, 6) is -0.498. The van der Waals surface area contributed by atoms with Crippen LogP contribution in [-0.4, -0.2) is 55.1 Å². The van der Waals surface area contributed by atoms with Crippen LogP contribution >= 0.6 is 0 Å². The van der Waals surface area contributed by atoms with Crippen LogP contribution in [0.4, 0.5) is 10.5 Å². The number of esters is 1. The number of likely N-dealkylation sites (tertiary alicyclic amines) is 1. The zero-order chi connectivity index (χ0) is 19.4. The summed E-state index contributed by atoms with van der Waals surface area (Å²) in [7, 11) is 0. The molecule has 0 bridgehead atoms. The summed E-state index contributed by atoms with van der Waals surface area (Å²) in [5.41, 5.74) is 1.99. The number of urea groups is 1. The number of nitrogens with zero attached hydrogens (tertiary/aromatic N) is 2. The Bertz CT molecular complexity index is 704. The van der Waals surface area contributed by atoms with Gasteiger partial charge >= 0.3 is 12.0 Å². The highest BCUT2D eigenvalue weighted by molar-refractivity contribution is 5.96. The topological polar surface area (TPSA) is 79.0 Å². The molecule has 7 nitrogen and oxygen atoms in total. The van der Waals surface area contributed by atoms with Gasteiger partial charge in [0.05, 0.1) is 18.6 Å². The maximum absolute atomic E-state index is 12.6. The Morgan fingerprint density at radius 3 is 2.67 bits per heavy atom. The second-order valence-electron chi connectivity index (χ2n) is 7.23. The summed E-state index contributed by atoms with van der Waals surface area (Å²) in [6.07, 6.45) is 1.80. The third kappa shape index (κ3) is 4.59. The lowest BCUT2D eigenvalue weighted by Gasteiger charge is -2.32. The van der Waals surface area contributed by atoms with Crippen molar-refractivity contribution in [1.82, 2.24) is 10.2 Å². The van der Waals surface area contributed by atoms with Crippen LogP contribution in [0.1, 0.15) is 31.7 Å². The van der Waals surface area contributed by atoms with Gasteiger partial charge in [-0.15, -0.1) is 0 Å². The molecule has 0 aromatic heterocycles. The Morgan fingerprint density at radius 1 is 1.22 bits per heavy atom. The van der Waals surface area contributed by atoms with Gasteiger partial charge < -0.3 is 19.9 Å². The largest absolute Gasteiger partial charge is 0.466 e. The summed E-state index contributed by atoms with van der Waals surface area (Å²) in [6.45, 7) is 5.57. The van der Waals surface area contributed by atoms with Crippen molar-refractivity contribution in [1.29, 1.82) is 0 Å². The zero-order valence-corrected chi connectivity index (χ0v) is 15.9. The van der Waals surface area contributed by atoms with Crippen LogP contribution in [0.25, 0.3) is 0 Å². The highest BCUT2D eigenvalue weighted by Crippen LogP contribution is 2.23. The van der Waals surface area contributed by atoms with Gasteiger partial charge in [0.25, 0.3) is 0 Å². The molecule has 3 amide bonds. The Balaban J connectivity index is 1.56. The van der Waals surface area contributed by atoms with E-state index in [1.165, 1.54) is 0 Å². The van der Waals surface area contributed by atoms with Crippen molar-refractivity contribution in [3.8, 4) is 0 Å². The van der Waals surface area contributed by atoms with Crippen LogP contribution in [0.5, 0.6) is 0 Å². The smallest absolute Gasteiger partial charge is 0.317 e. The van der Waals surface area contributed by atoms with E-state index in [2.05, 4.69) is 5.32 Å². The highest BCUT2D eigenvalue weighted by atomic mass is 16.5. The monoisotopic (exact) mass is 373 g/mol. The van der Waals surface area contributed by atoms with Gasteiger partial charge in [-0.3, -0.25) is 9.59 Å². The van der Waals surface area contributed by atoms with Crippen LogP contribution in [0.3, 0.4) is 0 Å². The predicted octanol–water partition coefficient (Wildman–Crippen LogP) is 2.09. The van der Waals surface area contributed by atoms with E-state index in [0.29, 0.717) is 26.2 Å². The molecule has 0 unspecified atom stereocenters. The number of anilines is 1. The molecule has 0 radical (unpaired) electrons. The highest BCUT2D eigenvalue weighted by Gasteiger charge is 2.34. The molecule has 2 saturated heterocycles. The van der Waals surface area contributed by atoms with E-state index >= 15 is 0 Å². The quantitative estimate of drug-likeness (QED) is 0.820. The minimum absolute atomic E-state index is 0.00666. The van der Waals surface area contributed by atoms with Gasteiger partial charge in [-0.1, -0.05) is 17.7 Å². The maximum Gasteiger partial charge on any atom is 0.317 e. The molecule has 0 spiro atoms. The van der Waals surface area contributed by atoms with Crippen molar-refractivity contribution >= 4 is 23.6 Å². The number of aryl methyl sites for hydroxylation is 1. The van der Waals surface area contributed by atoms with Gasteiger partial charge in [0.2, 0.25) is 5.91 Å². The molecule has 146 valence electrons. The normalized spacial score (nSPS) is 22.7. The SMILES string of the molecule is CCOC(=O)[C@H]1CCCN(C(=O)N[C@H]2CC(=O)N(c3ccc(C)cc3)C2)C1. The van der Waals surface area contributed by atoms with E-state index in [-0.39, 0.29) is 36.3 Å². The fraction of sp³-hybridized carbons (Fsp3) is 0.550. The number of benzene rings is 1. The van der Waals surface area contributed by atoms with Gasteiger partial charge in [0, 0.05) is 31.7 Å². The van der Waals surface area contributed by atoms with Crippen molar-refractivity contribution in [2.45, 2.75) is 39.2 Å². The third-order valence-corrected chi connectivity index (χ3v) is 5.13. The first-order valence-electron chi connectivity index (χ1n) is 9.57. The molecule has 1 aromatic rings. The molecule has 2 aliphatic heterocycles. The van der Waals surface area contributed by atoms with Crippen molar-refractivity contribution in [2.24, 2.45) is 5.92 Å². The van der Waals surface area contributed by atoms with Crippen molar-refractivity contribution in [3.63, 3.8) is 0 Å². The minimum Gasteiger partial charge on any atom is -0.466 e. The van der Waals surface area contributed by atoms with Crippen LogP contribution in [-0.2, 0) is 14.3 Å². The Hall–Kier alpha value is -2.57. The van der Waals surface area contributed by atoms with Crippen LogP contribution < -0.4 is 10.2 Å². The summed E-state index contributed by atoms with van der Waals surface area (Å²) >= 11 is 0. The zero-order valence-electron chi connectivity index (χ0n) is 15.9. The number of nitrogens with one attached hydrogen (secondary N) is 1. The molecule has 2 fully saturated rings. The van der Waals surface area contributed by atoms with Gasteiger partial charge in [0.15, 0.2) is 0 Å². The standard InChI is InChI=1S/C20H27N3O4/c1-3-27-19(25)15-5-4-10-22(12-15)20(26)21-16-11-18(24)23(13-16)17-8-6-14(2)7-9-17/h6-9,15-16H,3-5,10-13H2,1-2H3,(H,21,26)/t15-,16-/m0/s1. The second kappa shape index (κ2) is 8.41. The van der Waals surface area contributed by atoms with E-state index in [1.54, 1.807) is 16.7 Å². The number of ether oxygens (including phenoxy) is 1. The molecule has 0 aliphatic carbocycles. The summed E-state index contributed by atoms with van der Waals surface area (Å²) in [5, 5.41) is 2.95. The Labute approximate surface area is 159 Å². The molecule has 2 atom stereocenters. The molecule has 7 heteroatoms. The average molecular weight is 373 g/mol. The van der Waals surface area contributed by atoms with Gasteiger partial charge in [-0.2, -0.15) is 0 Å². The number of hydrogen-bond acceptors (Lipinski definition) is 4. The number of rotatable bonds is 4. The maximum atomic E-state index is 12.6. The molecular weight excluding hydrogens is 346 g/mol. The van der Waals surface area contributed by atoms with Crippen molar-refractivity contribution in [2.75, 3.05) is 31.1 Å². The summed E-state index contributed by atoms with van der Waals surface area (Å²) in [6, 6.07) is 7.34. The van der Waals surface area contributed by atoms with Gasteiger partial charge in [-0.05, 0) is 38.8 Å². The number of amides is 3. The number of carbonyl (C=O) groups is 3. The lowest BCUT2D eigenvalue weighted by molar-refractivity contribution is -0.149. The molecule has 2 aliphatic rings. The Kier molecular flexibility index (Phi) is 5.98. The predicted molar refractivity (Wildman–Crippen MR) is 101 cm³/mol. The number of piperidine rings is 1. The molecule has 3 rings (SSSR count).